The van der Waals surface area contributed by atoms with E-state index in [2.05, 4.69) is 37.8 Å². The molecule has 0 saturated carbocycles. The number of carbonyl (C=O) groups is 1. The molecule has 1 amide bonds. The van der Waals surface area contributed by atoms with E-state index in [1.807, 2.05) is 22.9 Å². The van der Waals surface area contributed by atoms with E-state index in [1.165, 1.54) is 0 Å². The van der Waals surface area contributed by atoms with Gasteiger partial charge in [0.05, 0.1) is 12.7 Å². The molecule has 0 bridgehead atoms. The Morgan fingerprint density at radius 2 is 2.28 bits per heavy atom. The van der Waals surface area contributed by atoms with Crippen molar-refractivity contribution in [2.24, 2.45) is 0 Å². The van der Waals surface area contributed by atoms with Crippen molar-refractivity contribution in [1.29, 1.82) is 0 Å². The number of nitrogens with zero attached hydrogens (tertiary/aromatic N) is 5. The molecule has 8 heteroatoms. The minimum atomic E-state index is -0.0538. The number of carbonyl (C=O) groups excluding carboxylic acids is 1. The number of anilines is 2. The smallest absolute Gasteiger partial charge is 0.239 e. The molecule has 1 aliphatic heterocycles. The van der Waals surface area contributed by atoms with Crippen LogP contribution in [0.25, 0.3) is 0 Å². The van der Waals surface area contributed by atoms with Crippen molar-refractivity contribution in [2.75, 3.05) is 29.9 Å². The average Bonchev–Trinajstić information content (AvgIpc) is 3.26. The molecule has 2 aromatic rings. The van der Waals surface area contributed by atoms with Crippen molar-refractivity contribution in [3.05, 3.63) is 30.6 Å². The van der Waals surface area contributed by atoms with Crippen molar-refractivity contribution >= 4 is 17.5 Å². The summed E-state index contributed by atoms with van der Waals surface area (Å²) >= 11 is 0. The summed E-state index contributed by atoms with van der Waals surface area (Å²) in [6, 6.07) is 6.04. The molecule has 1 atom stereocenters. The van der Waals surface area contributed by atoms with Gasteiger partial charge in [-0.05, 0) is 31.4 Å². The third-order valence-electron chi connectivity index (χ3n) is 4.31. The topological polar surface area (TPSA) is 88.0 Å². The van der Waals surface area contributed by atoms with Gasteiger partial charge in [0.25, 0.3) is 0 Å². The Balaban J connectivity index is 1.46. The van der Waals surface area contributed by atoms with Crippen LogP contribution in [0.2, 0.25) is 0 Å². The molecule has 1 unspecified atom stereocenters. The van der Waals surface area contributed by atoms with E-state index in [0.29, 0.717) is 6.04 Å². The summed E-state index contributed by atoms with van der Waals surface area (Å²) < 4.78 is 1.81. The zero-order valence-electron chi connectivity index (χ0n) is 14.6. The van der Waals surface area contributed by atoms with Crippen LogP contribution >= 0.6 is 0 Å². The Morgan fingerprint density at radius 1 is 1.36 bits per heavy atom. The molecular weight excluding hydrogens is 318 g/mol. The summed E-state index contributed by atoms with van der Waals surface area (Å²) in [5, 5.41) is 18.5. The largest absolute Gasteiger partial charge is 0.351 e. The quantitative estimate of drug-likeness (QED) is 0.751. The molecule has 0 radical (unpaired) electrons. The van der Waals surface area contributed by atoms with Crippen molar-refractivity contribution < 1.29 is 4.79 Å². The Bertz CT molecular complexity index is 673. The fraction of sp³-hybridized carbons (Fsp3) is 0.529. The van der Waals surface area contributed by atoms with Crippen LogP contribution in [0, 0.1) is 0 Å². The van der Waals surface area contributed by atoms with E-state index in [0.717, 1.165) is 50.5 Å². The first kappa shape index (κ1) is 17.3. The maximum Gasteiger partial charge on any atom is 0.239 e. The van der Waals surface area contributed by atoms with Gasteiger partial charge in [-0.15, -0.1) is 5.10 Å². The lowest BCUT2D eigenvalue weighted by molar-refractivity contribution is -0.115. The number of aromatic nitrogens is 4. The summed E-state index contributed by atoms with van der Waals surface area (Å²) in [4.78, 5) is 14.4. The average molecular weight is 343 g/mol. The Hall–Kier alpha value is -2.48. The number of hydrogen-bond acceptors (Lipinski definition) is 6. The number of rotatable bonds is 8. The fourth-order valence-corrected chi connectivity index (χ4v) is 3.16. The van der Waals surface area contributed by atoms with E-state index in [4.69, 9.17) is 0 Å². The van der Waals surface area contributed by atoms with E-state index in [1.54, 1.807) is 12.4 Å². The molecule has 1 fully saturated rings. The third kappa shape index (κ3) is 4.54. The van der Waals surface area contributed by atoms with Gasteiger partial charge in [0, 0.05) is 37.9 Å². The molecule has 3 rings (SSSR count). The maximum absolute atomic E-state index is 12.1. The molecule has 0 aliphatic carbocycles. The number of hydrogen-bond donors (Lipinski definition) is 2. The van der Waals surface area contributed by atoms with Crippen LogP contribution in [0.4, 0.5) is 11.6 Å². The van der Waals surface area contributed by atoms with E-state index < -0.39 is 0 Å². The normalized spacial score (nSPS) is 17.0. The predicted molar refractivity (Wildman–Crippen MR) is 96.4 cm³/mol. The van der Waals surface area contributed by atoms with Crippen molar-refractivity contribution in [3.63, 3.8) is 0 Å². The number of nitrogens with one attached hydrogen (secondary N) is 2. The van der Waals surface area contributed by atoms with Gasteiger partial charge in [0.2, 0.25) is 5.91 Å². The molecule has 2 N–H and O–H groups in total. The summed E-state index contributed by atoms with van der Waals surface area (Å²) in [7, 11) is 0. The Morgan fingerprint density at radius 3 is 3.08 bits per heavy atom. The highest BCUT2D eigenvalue weighted by atomic mass is 16.2. The van der Waals surface area contributed by atoms with Gasteiger partial charge >= 0.3 is 0 Å². The summed E-state index contributed by atoms with van der Waals surface area (Å²) in [5.74, 6) is 1.59. The number of aryl methyl sites for hydroxylation is 1. The molecule has 0 spiro atoms. The van der Waals surface area contributed by atoms with Gasteiger partial charge in [0.15, 0.2) is 5.82 Å². The Labute approximate surface area is 147 Å². The van der Waals surface area contributed by atoms with Gasteiger partial charge in [-0.1, -0.05) is 6.92 Å². The van der Waals surface area contributed by atoms with Crippen LogP contribution in [0.15, 0.2) is 30.6 Å². The minimum Gasteiger partial charge on any atom is -0.351 e. The first-order valence-electron chi connectivity index (χ1n) is 8.84. The van der Waals surface area contributed by atoms with Gasteiger partial charge < -0.3 is 15.5 Å². The predicted octanol–water partition coefficient (Wildman–Crippen LogP) is 1.28. The first-order valence-corrected chi connectivity index (χ1v) is 8.84. The van der Waals surface area contributed by atoms with Crippen LogP contribution < -0.4 is 15.5 Å². The lowest BCUT2D eigenvalue weighted by Crippen LogP contribution is -2.41. The van der Waals surface area contributed by atoms with E-state index in [-0.39, 0.29) is 12.5 Å². The minimum absolute atomic E-state index is 0.0538. The first-order chi connectivity index (χ1) is 12.3. The summed E-state index contributed by atoms with van der Waals surface area (Å²) in [6.07, 6.45) is 6.58. The monoisotopic (exact) mass is 343 g/mol. The zero-order chi connectivity index (χ0) is 17.5. The third-order valence-corrected chi connectivity index (χ3v) is 4.31. The fourth-order valence-electron chi connectivity index (χ4n) is 3.16. The molecule has 134 valence electrons. The van der Waals surface area contributed by atoms with Crippen LogP contribution in [0.1, 0.15) is 26.2 Å². The van der Waals surface area contributed by atoms with Crippen LogP contribution in [-0.4, -0.2) is 51.6 Å². The summed E-state index contributed by atoms with van der Waals surface area (Å²) in [6.45, 7) is 4.89. The van der Waals surface area contributed by atoms with E-state index >= 15 is 0 Å². The van der Waals surface area contributed by atoms with Gasteiger partial charge in [-0.3, -0.25) is 4.79 Å². The second kappa shape index (κ2) is 8.57. The molecule has 3 heterocycles. The Kier molecular flexibility index (Phi) is 5.95. The number of amides is 1. The molecule has 8 nitrogen and oxygen atoms in total. The second-order valence-electron chi connectivity index (χ2n) is 6.19. The van der Waals surface area contributed by atoms with Gasteiger partial charge in [-0.25, -0.2) is 4.68 Å². The van der Waals surface area contributed by atoms with Crippen LogP contribution in [0.5, 0.6) is 0 Å². The SMILES string of the molecule is CCCn1nccc1NC(=O)CNCC1CCCN1c1cccnn1. The molecule has 1 saturated heterocycles. The van der Waals surface area contributed by atoms with Crippen molar-refractivity contribution in [2.45, 2.75) is 38.8 Å². The lowest BCUT2D eigenvalue weighted by atomic mass is 10.2. The van der Waals surface area contributed by atoms with Crippen LogP contribution in [-0.2, 0) is 11.3 Å². The van der Waals surface area contributed by atoms with Gasteiger partial charge in [0.1, 0.15) is 5.82 Å². The molecule has 2 aromatic heterocycles. The van der Waals surface area contributed by atoms with Crippen molar-refractivity contribution in [1.82, 2.24) is 25.3 Å². The van der Waals surface area contributed by atoms with E-state index in [9.17, 15) is 4.79 Å². The molecule has 1 aliphatic rings. The highest BCUT2D eigenvalue weighted by molar-refractivity contribution is 5.91. The van der Waals surface area contributed by atoms with Crippen molar-refractivity contribution in [3.8, 4) is 0 Å². The molecule has 25 heavy (non-hydrogen) atoms. The highest BCUT2D eigenvalue weighted by Crippen LogP contribution is 2.22. The maximum atomic E-state index is 12.1. The van der Waals surface area contributed by atoms with Gasteiger partial charge in [-0.2, -0.15) is 10.2 Å². The lowest BCUT2D eigenvalue weighted by Gasteiger charge is -2.25. The second-order valence-corrected chi connectivity index (χ2v) is 6.19. The highest BCUT2D eigenvalue weighted by Gasteiger charge is 2.25. The van der Waals surface area contributed by atoms with Crippen LogP contribution in [0.3, 0.4) is 0 Å². The standard InChI is InChI=1S/C17H25N7O/c1-2-10-24-15(7-9-20-24)21-17(25)13-18-12-14-5-4-11-23(14)16-6-3-8-19-22-16/h3,6-9,14,18H,2,4-5,10-13H2,1H3,(H,21,25). The molecular formula is C17H25N7O. The zero-order valence-corrected chi connectivity index (χ0v) is 14.6. The molecule has 0 aromatic carbocycles. The summed E-state index contributed by atoms with van der Waals surface area (Å²) in [5.41, 5.74) is 0.